The average molecular weight is 759 g/mol. The zero-order valence-electron chi connectivity index (χ0n) is 31.9. The first-order valence-corrected chi connectivity index (χ1v) is 20.7. The lowest BCUT2D eigenvalue weighted by Gasteiger charge is -2.21. The molecule has 0 unspecified atom stereocenters. The fourth-order valence-corrected chi connectivity index (χ4v) is 11.1. The van der Waals surface area contributed by atoms with E-state index in [1.165, 1.54) is 81.4 Å². The molecule has 0 radical (unpaired) electrons. The molecule has 0 atom stereocenters. The van der Waals surface area contributed by atoms with Gasteiger partial charge in [0.05, 0.1) is 33.3 Å². The maximum Gasteiger partial charge on any atom is 0.235 e. The van der Waals surface area contributed by atoms with Gasteiger partial charge in [-0.15, -0.1) is 0 Å². The van der Waals surface area contributed by atoms with Crippen LogP contribution in [0.15, 0.2) is 180 Å². The van der Waals surface area contributed by atoms with Crippen molar-refractivity contribution in [1.82, 2.24) is 19.1 Å². The van der Waals surface area contributed by atoms with Gasteiger partial charge in [-0.05, 0) is 100 Å². The number of hydrogen-bond acceptors (Lipinski definition) is 3. The van der Waals surface area contributed by atoms with Crippen molar-refractivity contribution in [3.05, 3.63) is 181 Å². The molecular formula is C53H34N4S. The van der Waals surface area contributed by atoms with Crippen LogP contribution in [0.3, 0.4) is 0 Å². The van der Waals surface area contributed by atoms with Gasteiger partial charge in [0.25, 0.3) is 0 Å². The van der Waals surface area contributed by atoms with E-state index in [2.05, 4.69) is 193 Å². The quantitative estimate of drug-likeness (QED) is 0.180. The first-order chi connectivity index (χ1) is 28.5. The first kappa shape index (κ1) is 32.2. The van der Waals surface area contributed by atoms with Crippen molar-refractivity contribution in [2.45, 2.75) is 29.1 Å². The Kier molecular flexibility index (Phi) is 6.41. The molecule has 13 rings (SSSR count). The lowest BCUT2D eigenvalue weighted by molar-refractivity contribution is 0.660. The van der Waals surface area contributed by atoms with Gasteiger partial charge in [0.2, 0.25) is 5.95 Å². The van der Waals surface area contributed by atoms with Crippen LogP contribution in [0.25, 0.3) is 99.7 Å². The van der Waals surface area contributed by atoms with Gasteiger partial charge in [-0.25, -0.2) is 9.97 Å². The van der Waals surface area contributed by atoms with Crippen molar-refractivity contribution in [3.8, 4) is 45.1 Å². The fraction of sp³-hybridized carbons (Fsp3) is 0.0566. The van der Waals surface area contributed by atoms with E-state index in [0.717, 1.165) is 33.2 Å². The second kappa shape index (κ2) is 11.6. The van der Waals surface area contributed by atoms with Crippen LogP contribution in [0.5, 0.6) is 0 Å². The molecule has 1 aliphatic carbocycles. The zero-order valence-corrected chi connectivity index (χ0v) is 32.7. The number of fused-ring (bicyclic) bond motifs is 11. The zero-order chi connectivity index (χ0) is 38.3. The molecule has 0 amide bonds. The molecule has 4 heterocycles. The highest BCUT2D eigenvalue weighted by molar-refractivity contribution is 7.99. The summed E-state index contributed by atoms with van der Waals surface area (Å²) in [5, 5.41) is 5.98. The van der Waals surface area contributed by atoms with E-state index < -0.39 is 0 Å². The van der Waals surface area contributed by atoms with Crippen molar-refractivity contribution in [1.29, 1.82) is 0 Å². The van der Waals surface area contributed by atoms with E-state index in [0.29, 0.717) is 5.95 Å². The smallest absolute Gasteiger partial charge is 0.235 e. The molecule has 0 fully saturated rings. The minimum absolute atomic E-state index is 0.0263. The van der Waals surface area contributed by atoms with Crippen LogP contribution in [0, 0.1) is 0 Å². The van der Waals surface area contributed by atoms with Crippen LogP contribution in [0.2, 0.25) is 0 Å². The molecule has 0 bridgehead atoms. The van der Waals surface area contributed by atoms with E-state index in [9.17, 15) is 0 Å². The highest BCUT2D eigenvalue weighted by Gasteiger charge is 2.35. The predicted octanol–water partition coefficient (Wildman–Crippen LogP) is 13.9. The molecule has 1 aliphatic heterocycles. The summed E-state index contributed by atoms with van der Waals surface area (Å²) in [7, 11) is 0. The number of rotatable bonds is 3. The molecule has 8 aromatic carbocycles. The molecule has 0 spiro atoms. The predicted molar refractivity (Wildman–Crippen MR) is 241 cm³/mol. The van der Waals surface area contributed by atoms with Gasteiger partial charge in [-0.1, -0.05) is 129 Å². The van der Waals surface area contributed by atoms with Gasteiger partial charge in [-0.3, -0.25) is 4.57 Å². The highest BCUT2D eigenvalue weighted by atomic mass is 32.2. The van der Waals surface area contributed by atoms with Gasteiger partial charge in [0.1, 0.15) is 0 Å². The summed E-state index contributed by atoms with van der Waals surface area (Å²) in [4.78, 5) is 13.0. The third-order valence-corrected chi connectivity index (χ3v) is 13.9. The second-order valence-corrected chi connectivity index (χ2v) is 17.3. The lowest BCUT2D eigenvalue weighted by Crippen LogP contribution is -2.14. The highest BCUT2D eigenvalue weighted by Crippen LogP contribution is 2.50. The van der Waals surface area contributed by atoms with Gasteiger partial charge in [-0.2, -0.15) is 0 Å². The maximum atomic E-state index is 5.36. The van der Waals surface area contributed by atoms with Crippen molar-refractivity contribution in [2.75, 3.05) is 0 Å². The van der Waals surface area contributed by atoms with E-state index in [1.54, 1.807) is 11.8 Å². The first-order valence-electron chi connectivity index (χ1n) is 19.9. The van der Waals surface area contributed by atoms with Crippen molar-refractivity contribution in [3.63, 3.8) is 0 Å². The third kappa shape index (κ3) is 4.31. The molecule has 0 saturated heterocycles. The van der Waals surface area contributed by atoms with Crippen molar-refractivity contribution < 1.29 is 0 Å². The summed E-state index contributed by atoms with van der Waals surface area (Å²) < 4.78 is 4.69. The molecule has 3 aromatic heterocycles. The Hall–Kier alpha value is -6.95. The lowest BCUT2D eigenvalue weighted by atomic mass is 9.82. The van der Waals surface area contributed by atoms with Gasteiger partial charge in [0, 0.05) is 53.4 Å². The summed E-state index contributed by atoms with van der Waals surface area (Å²) in [5.41, 5.74) is 16.7. The van der Waals surface area contributed by atoms with E-state index in [1.807, 2.05) is 0 Å². The third-order valence-electron chi connectivity index (χ3n) is 12.7. The molecule has 2 aliphatic rings. The minimum atomic E-state index is -0.0263. The standard InChI is InChI=1S/C53H34N4S/c1-53(2)41-16-7-3-12-34(41)38-30-33(24-25-42(38)53)56-44-18-8-4-13-35(44)39-28-31(22-26-46(39)56)32-23-27-47-40(29-32)36-14-5-9-19-45(36)57(47)52-54-43-17-11-21-49-50(43)51(55-52)37-15-6-10-20-48(37)58-49/h3-30H,1-2H3. The Morgan fingerprint density at radius 1 is 0.448 bits per heavy atom. The topological polar surface area (TPSA) is 35.6 Å². The van der Waals surface area contributed by atoms with Crippen LogP contribution in [0.1, 0.15) is 25.0 Å². The molecular weight excluding hydrogens is 725 g/mol. The van der Waals surface area contributed by atoms with Crippen LogP contribution < -0.4 is 0 Å². The van der Waals surface area contributed by atoms with Crippen molar-refractivity contribution in [2.24, 2.45) is 0 Å². The Labute approximate surface area is 339 Å². The van der Waals surface area contributed by atoms with E-state index in [4.69, 9.17) is 9.97 Å². The van der Waals surface area contributed by atoms with Crippen LogP contribution in [-0.2, 0) is 5.41 Å². The molecule has 11 aromatic rings. The summed E-state index contributed by atoms with van der Waals surface area (Å²) in [6.07, 6.45) is 0. The Bertz CT molecular complexity index is 3590. The molecule has 0 N–H and O–H groups in total. The van der Waals surface area contributed by atoms with Gasteiger partial charge < -0.3 is 4.57 Å². The Morgan fingerprint density at radius 3 is 1.83 bits per heavy atom. The average Bonchev–Trinajstić information content (AvgIpc) is 3.86. The second-order valence-electron chi connectivity index (χ2n) is 16.2. The van der Waals surface area contributed by atoms with Crippen LogP contribution in [-0.4, -0.2) is 19.1 Å². The number of benzene rings is 8. The summed E-state index contributed by atoms with van der Waals surface area (Å²) in [5.74, 6) is 0.688. The summed E-state index contributed by atoms with van der Waals surface area (Å²) >= 11 is 1.80. The summed E-state index contributed by atoms with van der Waals surface area (Å²) in [6.45, 7) is 4.69. The number of nitrogens with zero attached hydrogens (tertiary/aromatic N) is 4. The monoisotopic (exact) mass is 758 g/mol. The molecule has 272 valence electrons. The van der Waals surface area contributed by atoms with Gasteiger partial charge in [0.15, 0.2) is 0 Å². The molecule has 4 nitrogen and oxygen atoms in total. The Morgan fingerprint density at radius 2 is 1.05 bits per heavy atom. The number of hydrogen-bond donors (Lipinski definition) is 0. The molecule has 0 saturated carbocycles. The Balaban J connectivity index is 0.977. The minimum Gasteiger partial charge on any atom is -0.309 e. The number of aromatic nitrogens is 4. The van der Waals surface area contributed by atoms with Gasteiger partial charge >= 0.3 is 0 Å². The normalized spacial score (nSPS) is 13.8. The molecule has 5 heteroatoms. The fourth-order valence-electron chi connectivity index (χ4n) is 10.0. The van der Waals surface area contributed by atoms with Crippen LogP contribution >= 0.6 is 11.8 Å². The van der Waals surface area contributed by atoms with Crippen LogP contribution in [0.4, 0.5) is 0 Å². The number of para-hydroxylation sites is 2. The van der Waals surface area contributed by atoms with E-state index in [-0.39, 0.29) is 5.41 Å². The largest absolute Gasteiger partial charge is 0.309 e. The maximum absolute atomic E-state index is 5.36. The van der Waals surface area contributed by atoms with Crippen molar-refractivity contribution >= 4 is 66.3 Å². The summed E-state index contributed by atoms with van der Waals surface area (Å²) in [6, 6.07) is 62.2. The SMILES string of the molecule is CC1(C)c2ccccc2-c2cc(-n3c4ccccc4c4cc(-c5ccc6c(c5)c5ccccc5n6-c5nc6c7c(cccc7n5)Sc5ccccc5-6)ccc43)ccc21. The molecule has 58 heavy (non-hydrogen) atoms. The van der Waals surface area contributed by atoms with E-state index >= 15 is 0 Å².